The summed E-state index contributed by atoms with van der Waals surface area (Å²) in [6.07, 6.45) is 9.62. The second kappa shape index (κ2) is 8.08. The zero-order valence-electron chi connectivity index (χ0n) is 11.5. The highest BCUT2D eigenvalue weighted by Gasteiger charge is 2.18. The molecule has 1 N–H and O–H groups in total. The van der Waals surface area contributed by atoms with Crippen molar-refractivity contribution in [3.8, 4) is 0 Å². The van der Waals surface area contributed by atoms with E-state index in [2.05, 4.69) is 31.1 Å². The first kappa shape index (κ1) is 14.0. The van der Waals surface area contributed by atoms with Crippen LogP contribution in [0.3, 0.4) is 0 Å². The van der Waals surface area contributed by atoms with Gasteiger partial charge in [-0.2, -0.15) is 0 Å². The molecule has 0 bridgehead atoms. The van der Waals surface area contributed by atoms with Gasteiger partial charge in [-0.05, 0) is 39.8 Å². The van der Waals surface area contributed by atoms with Gasteiger partial charge in [0.05, 0.1) is 0 Å². The summed E-state index contributed by atoms with van der Waals surface area (Å²) in [4.78, 5) is 2.45. The summed E-state index contributed by atoms with van der Waals surface area (Å²) in [5.41, 5.74) is 0. The van der Waals surface area contributed by atoms with Gasteiger partial charge in [0.25, 0.3) is 0 Å². The SMILES string of the molecule is CCCCCCC(C)NC1CCCN(C)C1. The largest absolute Gasteiger partial charge is 0.310 e. The van der Waals surface area contributed by atoms with Crippen molar-refractivity contribution in [2.45, 2.75) is 70.9 Å². The highest BCUT2D eigenvalue weighted by molar-refractivity contribution is 4.78. The highest BCUT2D eigenvalue weighted by atomic mass is 15.1. The van der Waals surface area contributed by atoms with Gasteiger partial charge in [-0.15, -0.1) is 0 Å². The van der Waals surface area contributed by atoms with Crippen LogP contribution in [0.15, 0.2) is 0 Å². The third kappa shape index (κ3) is 5.86. The summed E-state index contributed by atoms with van der Waals surface area (Å²) in [7, 11) is 2.24. The number of rotatable bonds is 7. The Labute approximate surface area is 102 Å². The molecule has 1 fully saturated rings. The fourth-order valence-electron chi connectivity index (χ4n) is 2.67. The Balaban J connectivity index is 2.06. The Hall–Kier alpha value is -0.0800. The smallest absolute Gasteiger partial charge is 0.0197 e. The van der Waals surface area contributed by atoms with Crippen molar-refractivity contribution in [3.63, 3.8) is 0 Å². The Kier molecular flexibility index (Phi) is 7.06. The number of unbranched alkanes of at least 4 members (excludes halogenated alkanes) is 3. The summed E-state index contributed by atoms with van der Waals surface area (Å²) >= 11 is 0. The van der Waals surface area contributed by atoms with E-state index in [9.17, 15) is 0 Å². The van der Waals surface area contributed by atoms with Gasteiger partial charge in [0.2, 0.25) is 0 Å². The van der Waals surface area contributed by atoms with Gasteiger partial charge in [-0.1, -0.05) is 32.6 Å². The van der Waals surface area contributed by atoms with Crippen molar-refractivity contribution < 1.29 is 0 Å². The van der Waals surface area contributed by atoms with Gasteiger partial charge in [0.15, 0.2) is 0 Å². The first-order valence-electron chi connectivity index (χ1n) is 7.17. The molecule has 0 aromatic rings. The molecule has 1 aliphatic rings. The second-order valence-corrected chi connectivity index (χ2v) is 5.52. The monoisotopic (exact) mass is 226 g/mol. The van der Waals surface area contributed by atoms with Crippen molar-refractivity contribution in [1.29, 1.82) is 0 Å². The van der Waals surface area contributed by atoms with Crippen LogP contribution >= 0.6 is 0 Å². The quantitative estimate of drug-likeness (QED) is 0.671. The number of likely N-dealkylation sites (N-methyl/N-ethyl adjacent to an activating group) is 1. The molecule has 0 saturated carbocycles. The van der Waals surface area contributed by atoms with Gasteiger partial charge in [0.1, 0.15) is 0 Å². The standard InChI is InChI=1S/C14H30N2/c1-4-5-6-7-9-13(2)15-14-10-8-11-16(3)12-14/h13-15H,4-12H2,1-3H3. The van der Waals surface area contributed by atoms with Crippen LogP contribution in [0.1, 0.15) is 58.8 Å². The van der Waals surface area contributed by atoms with Crippen molar-refractivity contribution in [2.75, 3.05) is 20.1 Å². The topological polar surface area (TPSA) is 15.3 Å². The van der Waals surface area contributed by atoms with E-state index >= 15 is 0 Å². The molecule has 1 rings (SSSR count). The Morgan fingerprint density at radius 2 is 2.12 bits per heavy atom. The van der Waals surface area contributed by atoms with Crippen LogP contribution in [0.4, 0.5) is 0 Å². The number of piperidine rings is 1. The van der Waals surface area contributed by atoms with Crippen LogP contribution in [-0.2, 0) is 0 Å². The fraction of sp³-hybridized carbons (Fsp3) is 1.00. The van der Waals surface area contributed by atoms with Crippen molar-refractivity contribution in [1.82, 2.24) is 10.2 Å². The van der Waals surface area contributed by atoms with Crippen molar-refractivity contribution >= 4 is 0 Å². The first-order chi connectivity index (χ1) is 7.72. The minimum Gasteiger partial charge on any atom is -0.310 e. The number of nitrogens with zero attached hydrogens (tertiary/aromatic N) is 1. The minimum absolute atomic E-state index is 0.702. The highest BCUT2D eigenvalue weighted by Crippen LogP contribution is 2.11. The molecule has 1 saturated heterocycles. The van der Waals surface area contributed by atoms with E-state index in [1.54, 1.807) is 0 Å². The van der Waals surface area contributed by atoms with Crippen LogP contribution in [0.25, 0.3) is 0 Å². The van der Waals surface area contributed by atoms with Crippen LogP contribution in [0.5, 0.6) is 0 Å². The number of likely N-dealkylation sites (tertiary alicyclic amines) is 1. The molecule has 0 aromatic carbocycles. The van der Waals surface area contributed by atoms with E-state index in [1.165, 1.54) is 58.0 Å². The molecule has 1 heterocycles. The van der Waals surface area contributed by atoms with Crippen LogP contribution in [0.2, 0.25) is 0 Å². The zero-order valence-corrected chi connectivity index (χ0v) is 11.5. The molecule has 0 aromatic heterocycles. The second-order valence-electron chi connectivity index (χ2n) is 5.52. The van der Waals surface area contributed by atoms with Gasteiger partial charge in [-0.25, -0.2) is 0 Å². The molecule has 2 atom stereocenters. The average Bonchev–Trinajstić information content (AvgIpc) is 2.24. The van der Waals surface area contributed by atoms with Gasteiger partial charge < -0.3 is 10.2 Å². The maximum absolute atomic E-state index is 3.78. The van der Waals surface area contributed by atoms with E-state index < -0.39 is 0 Å². The number of hydrogen-bond donors (Lipinski definition) is 1. The molecule has 0 spiro atoms. The lowest BCUT2D eigenvalue weighted by molar-refractivity contribution is 0.216. The summed E-state index contributed by atoms with van der Waals surface area (Å²) < 4.78 is 0. The molecule has 0 radical (unpaired) electrons. The van der Waals surface area contributed by atoms with E-state index in [0.717, 1.165) is 6.04 Å². The van der Waals surface area contributed by atoms with Gasteiger partial charge in [-0.3, -0.25) is 0 Å². The number of nitrogens with one attached hydrogen (secondary N) is 1. The molecule has 2 heteroatoms. The van der Waals surface area contributed by atoms with Crippen molar-refractivity contribution in [3.05, 3.63) is 0 Å². The van der Waals surface area contributed by atoms with Crippen LogP contribution < -0.4 is 5.32 Å². The fourth-order valence-corrected chi connectivity index (χ4v) is 2.67. The summed E-state index contributed by atoms with van der Waals surface area (Å²) in [5.74, 6) is 0. The Bertz CT molecular complexity index is 170. The molecular weight excluding hydrogens is 196 g/mol. The molecule has 16 heavy (non-hydrogen) atoms. The minimum atomic E-state index is 0.702. The normalized spacial score (nSPS) is 24.6. The third-order valence-corrected chi connectivity index (χ3v) is 3.64. The van der Waals surface area contributed by atoms with E-state index in [1.807, 2.05) is 0 Å². The van der Waals surface area contributed by atoms with Crippen molar-refractivity contribution in [2.24, 2.45) is 0 Å². The predicted octanol–water partition coefficient (Wildman–Crippen LogP) is 3.03. The Morgan fingerprint density at radius 1 is 1.31 bits per heavy atom. The molecule has 96 valence electrons. The van der Waals surface area contributed by atoms with Gasteiger partial charge in [0, 0.05) is 18.6 Å². The molecule has 1 aliphatic heterocycles. The summed E-state index contributed by atoms with van der Waals surface area (Å²) in [5, 5.41) is 3.78. The lowest BCUT2D eigenvalue weighted by atomic mass is 10.0. The lowest BCUT2D eigenvalue weighted by Gasteiger charge is -2.32. The zero-order chi connectivity index (χ0) is 11.8. The summed E-state index contributed by atoms with van der Waals surface area (Å²) in [6.45, 7) is 7.14. The maximum atomic E-state index is 3.78. The summed E-state index contributed by atoms with van der Waals surface area (Å²) in [6, 6.07) is 1.44. The molecule has 0 amide bonds. The lowest BCUT2D eigenvalue weighted by Crippen LogP contribution is -2.47. The number of hydrogen-bond acceptors (Lipinski definition) is 2. The average molecular weight is 226 g/mol. The predicted molar refractivity (Wildman–Crippen MR) is 71.9 cm³/mol. The van der Waals surface area contributed by atoms with Gasteiger partial charge >= 0.3 is 0 Å². The van der Waals surface area contributed by atoms with E-state index in [0.29, 0.717) is 6.04 Å². The first-order valence-corrected chi connectivity index (χ1v) is 7.17. The molecule has 2 nitrogen and oxygen atoms in total. The molecule has 2 unspecified atom stereocenters. The van der Waals surface area contributed by atoms with Crippen LogP contribution in [-0.4, -0.2) is 37.1 Å². The van der Waals surface area contributed by atoms with E-state index in [-0.39, 0.29) is 0 Å². The van der Waals surface area contributed by atoms with E-state index in [4.69, 9.17) is 0 Å². The maximum Gasteiger partial charge on any atom is 0.0197 e. The molecular formula is C14H30N2. The molecule has 0 aliphatic carbocycles. The Morgan fingerprint density at radius 3 is 2.81 bits per heavy atom. The third-order valence-electron chi connectivity index (χ3n) is 3.64. The van der Waals surface area contributed by atoms with Crippen LogP contribution in [0, 0.1) is 0 Å².